The highest BCUT2D eigenvalue weighted by Crippen LogP contribution is 2.32. The lowest BCUT2D eigenvalue weighted by Crippen LogP contribution is -2.12. The highest BCUT2D eigenvalue weighted by molar-refractivity contribution is 7.17. The summed E-state index contributed by atoms with van der Waals surface area (Å²) in [6.45, 7) is 6.64. The van der Waals surface area contributed by atoms with Crippen LogP contribution in [-0.4, -0.2) is 16.3 Å². The van der Waals surface area contributed by atoms with Gasteiger partial charge in [-0.2, -0.15) is 0 Å². The number of nitrogens with zero attached hydrogens (tertiary/aromatic N) is 1. The number of aromatic nitrogens is 1. The Morgan fingerprint density at radius 3 is 2.60 bits per heavy atom. The van der Waals surface area contributed by atoms with Crippen LogP contribution in [0.25, 0.3) is 21.0 Å². The second kappa shape index (κ2) is 8.07. The molecule has 0 radical (unpaired) electrons. The van der Waals surface area contributed by atoms with Gasteiger partial charge in [-0.3, -0.25) is 9.59 Å². The summed E-state index contributed by atoms with van der Waals surface area (Å²) in [5, 5.41) is 4.22. The van der Waals surface area contributed by atoms with Crippen molar-refractivity contribution >= 4 is 44.0 Å². The third-order valence-corrected chi connectivity index (χ3v) is 6.47. The standard InChI is InChI=1S/C25H26N2O2S/c1-4-5-20-23(24(28)15(2)3)19-8-7-18(25(26)29)13-21(19)27(20)14-16-6-9-22-17(12-16)10-11-30-22/h6-13,15H,4-5,14H2,1-3H3,(H2,26,29). The van der Waals surface area contributed by atoms with Crippen molar-refractivity contribution in [3.05, 3.63) is 70.2 Å². The molecule has 0 saturated heterocycles. The number of ketones is 1. The van der Waals surface area contributed by atoms with Gasteiger partial charge in [0.05, 0.1) is 5.52 Å². The van der Waals surface area contributed by atoms with Gasteiger partial charge >= 0.3 is 0 Å². The molecule has 0 unspecified atom stereocenters. The Hall–Kier alpha value is -2.92. The summed E-state index contributed by atoms with van der Waals surface area (Å²) < 4.78 is 3.46. The number of fused-ring (bicyclic) bond motifs is 2. The average molecular weight is 419 g/mol. The molecule has 0 aliphatic rings. The van der Waals surface area contributed by atoms with E-state index in [1.807, 2.05) is 26.0 Å². The van der Waals surface area contributed by atoms with E-state index in [0.717, 1.165) is 35.0 Å². The third kappa shape index (κ3) is 3.54. The lowest BCUT2D eigenvalue weighted by Gasteiger charge is -2.13. The maximum absolute atomic E-state index is 13.2. The minimum absolute atomic E-state index is 0.0994. The Morgan fingerprint density at radius 2 is 1.90 bits per heavy atom. The van der Waals surface area contributed by atoms with Crippen LogP contribution < -0.4 is 5.73 Å². The summed E-state index contributed by atoms with van der Waals surface area (Å²) in [5.74, 6) is -0.418. The Morgan fingerprint density at radius 1 is 1.10 bits per heavy atom. The van der Waals surface area contributed by atoms with Crippen LogP contribution in [0.15, 0.2) is 47.8 Å². The van der Waals surface area contributed by atoms with Crippen LogP contribution in [-0.2, 0) is 13.0 Å². The molecule has 2 aromatic carbocycles. The van der Waals surface area contributed by atoms with Gasteiger partial charge in [0.1, 0.15) is 0 Å². The Labute approximate surface area is 180 Å². The number of hydrogen-bond acceptors (Lipinski definition) is 3. The van der Waals surface area contributed by atoms with Crippen molar-refractivity contribution in [2.45, 2.75) is 40.2 Å². The molecule has 4 aromatic rings. The zero-order valence-corrected chi connectivity index (χ0v) is 18.4. The normalized spacial score (nSPS) is 11.6. The van der Waals surface area contributed by atoms with Gasteiger partial charge in [-0.15, -0.1) is 11.3 Å². The number of thiophene rings is 1. The van der Waals surface area contributed by atoms with E-state index in [0.29, 0.717) is 12.1 Å². The smallest absolute Gasteiger partial charge is 0.248 e. The van der Waals surface area contributed by atoms with Crippen molar-refractivity contribution in [1.82, 2.24) is 4.57 Å². The number of primary amides is 1. The fourth-order valence-electron chi connectivity index (χ4n) is 4.09. The van der Waals surface area contributed by atoms with E-state index in [9.17, 15) is 9.59 Å². The molecule has 0 aliphatic carbocycles. The minimum atomic E-state index is -0.460. The topological polar surface area (TPSA) is 65.1 Å². The molecular formula is C25H26N2O2S. The van der Waals surface area contributed by atoms with Crippen LogP contribution in [0.4, 0.5) is 0 Å². The molecule has 0 fully saturated rings. The second-order valence-corrected chi connectivity index (χ2v) is 9.01. The van der Waals surface area contributed by atoms with E-state index in [1.54, 1.807) is 17.4 Å². The van der Waals surface area contributed by atoms with E-state index < -0.39 is 5.91 Å². The molecule has 0 atom stereocenters. The molecule has 30 heavy (non-hydrogen) atoms. The first-order valence-electron chi connectivity index (χ1n) is 10.4. The van der Waals surface area contributed by atoms with Gasteiger partial charge in [0.25, 0.3) is 0 Å². The molecule has 0 spiro atoms. The van der Waals surface area contributed by atoms with E-state index in [-0.39, 0.29) is 11.7 Å². The number of rotatable bonds is 7. The second-order valence-electron chi connectivity index (χ2n) is 8.07. The molecule has 2 heterocycles. The predicted molar refractivity (Wildman–Crippen MR) is 125 cm³/mol. The summed E-state index contributed by atoms with van der Waals surface area (Å²) in [6, 6.07) is 14.1. The first-order chi connectivity index (χ1) is 14.4. The largest absolute Gasteiger partial charge is 0.366 e. The molecule has 2 N–H and O–H groups in total. The molecule has 0 bridgehead atoms. The maximum Gasteiger partial charge on any atom is 0.248 e. The number of carbonyl (C=O) groups excluding carboxylic acids is 2. The van der Waals surface area contributed by atoms with Gasteiger partial charge in [0.2, 0.25) is 5.91 Å². The summed E-state index contributed by atoms with van der Waals surface area (Å²) in [4.78, 5) is 25.0. The molecule has 4 rings (SSSR count). The maximum atomic E-state index is 13.2. The molecule has 154 valence electrons. The molecule has 2 aromatic heterocycles. The van der Waals surface area contributed by atoms with Crippen LogP contribution in [0.5, 0.6) is 0 Å². The Bertz CT molecular complexity index is 1260. The van der Waals surface area contributed by atoms with Crippen molar-refractivity contribution in [2.24, 2.45) is 11.7 Å². The first-order valence-corrected chi connectivity index (χ1v) is 11.2. The zero-order valence-electron chi connectivity index (χ0n) is 17.6. The van der Waals surface area contributed by atoms with Gasteiger partial charge in [0.15, 0.2) is 5.78 Å². The van der Waals surface area contributed by atoms with Crippen LogP contribution in [0.1, 0.15) is 59.2 Å². The van der Waals surface area contributed by atoms with Crippen molar-refractivity contribution < 1.29 is 9.59 Å². The van der Waals surface area contributed by atoms with Crippen molar-refractivity contribution in [2.75, 3.05) is 0 Å². The molecule has 5 heteroatoms. The minimum Gasteiger partial charge on any atom is -0.366 e. The van der Waals surface area contributed by atoms with Crippen LogP contribution in [0.2, 0.25) is 0 Å². The van der Waals surface area contributed by atoms with Crippen molar-refractivity contribution in [1.29, 1.82) is 0 Å². The fraction of sp³-hybridized carbons (Fsp3) is 0.280. The number of carbonyl (C=O) groups is 2. The first kappa shape index (κ1) is 20.4. The van der Waals surface area contributed by atoms with E-state index in [2.05, 4.69) is 41.1 Å². The Kier molecular flexibility index (Phi) is 5.48. The summed E-state index contributed by atoms with van der Waals surface area (Å²) in [5.41, 5.74) is 9.90. The quantitative estimate of drug-likeness (QED) is 0.386. The molecule has 0 saturated carbocycles. The van der Waals surface area contributed by atoms with Gasteiger partial charge in [-0.25, -0.2) is 0 Å². The van der Waals surface area contributed by atoms with E-state index >= 15 is 0 Å². The molecular weight excluding hydrogens is 392 g/mol. The number of amides is 1. The van der Waals surface area contributed by atoms with Gasteiger partial charge in [-0.1, -0.05) is 39.3 Å². The lowest BCUT2D eigenvalue weighted by atomic mass is 9.96. The van der Waals surface area contributed by atoms with Crippen molar-refractivity contribution in [3.63, 3.8) is 0 Å². The predicted octanol–water partition coefficient (Wildman–Crippen LogP) is 5.79. The van der Waals surface area contributed by atoms with Gasteiger partial charge < -0.3 is 10.3 Å². The number of nitrogens with two attached hydrogens (primary N) is 1. The van der Waals surface area contributed by atoms with E-state index in [1.165, 1.54) is 15.6 Å². The average Bonchev–Trinajstić information content (AvgIpc) is 3.30. The summed E-state index contributed by atoms with van der Waals surface area (Å²) >= 11 is 1.73. The molecule has 4 nitrogen and oxygen atoms in total. The third-order valence-electron chi connectivity index (χ3n) is 5.57. The highest BCUT2D eigenvalue weighted by Gasteiger charge is 2.24. The highest BCUT2D eigenvalue weighted by atomic mass is 32.1. The molecule has 1 amide bonds. The number of hydrogen-bond donors (Lipinski definition) is 1. The SMILES string of the molecule is CCCc1c(C(=O)C(C)C)c2ccc(C(N)=O)cc2n1Cc1ccc2sccc2c1. The number of benzene rings is 2. The summed E-state index contributed by atoms with van der Waals surface area (Å²) in [7, 11) is 0. The lowest BCUT2D eigenvalue weighted by molar-refractivity contribution is 0.0939. The summed E-state index contributed by atoms with van der Waals surface area (Å²) in [6.07, 6.45) is 1.73. The van der Waals surface area contributed by atoms with Gasteiger partial charge in [0, 0.05) is 39.4 Å². The van der Waals surface area contributed by atoms with Gasteiger partial charge in [-0.05, 0) is 53.1 Å². The number of Topliss-reactive ketones (excluding diaryl/α,β-unsaturated/α-hetero) is 1. The fourth-order valence-corrected chi connectivity index (χ4v) is 4.86. The van der Waals surface area contributed by atoms with Crippen LogP contribution in [0, 0.1) is 5.92 Å². The van der Waals surface area contributed by atoms with Crippen LogP contribution >= 0.6 is 11.3 Å². The van der Waals surface area contributed by atoms with Crippen LogP contribution in [0.3, 0.4) is 0 Å². The Balaban J connectivity index is 1.96. The van der Waals surface area contributed by atoms with E-state index in [4.69, 9.17) is 5.73 Å². The molecule has 0 aliphatic heterocycles. The monoisotopic (exact) mass is 418 g/mol. The van der Waals surface area contributed by atoms with Crippen molar-refractivity contribution in [3.8, 4) is 0 Å². The zero-order chi connectivity index (χ0) is 21.4.